The van der Waals surface area contributed by atoms with Crippen LogP contribution in [0.3, 0.4) is 0 Å². The summed E-state index contributed by atoms with van der Waals surface area (Å²) in [5.41, 5.74) is 3.95. The number of allylic oxidation sites excluding steroid dienone is 1. The molecule has 0 aromatic carbocycles. The highest BCUT2D eigenvalue weighted by atomic mass is 14.7. The van der Waals surface area contributed by atoms with Gasteiger partial charge in [-0.2, -0.15) is 0 Å². The van der Waals surface area contributed by atoms with Crippen LogP contribution in [-0.4, -0.2) is 4.98 Å². The molecule has 2 rings (SSSR count). The fraction of sp³-hybridized carbons (Fsp3) is 0.667. The van der Waals surface area contributed by atoms with Gasteiger partial charge in [0.2, 0.25) is 0 Å². The smallest absolute Gasteiger partial charge is 0.0409 e. The SMILES string of the molecule is C=CCCCCC.CCCC.Cc1cc2cc(n1)CCCC2. The third-order valence-corrected chi connectivity index (χ3v) is 3.73. The van der Waals surface area contributed by atoms with Gasteiger partial charge in [-0.3, -0.25) is 4.98 Å². The van der Waals surface area contributed by atoms with Crippen molar-refractivity contribution >= 4 is 0 Å². The number of hydrogen-bond acceptors (Lipinski definition) is 1. The Hall–Kier alpha value is -1.11. The monoisotopic (exact) mass is 303 g/mol. The van der Waals surface area contributed by atoms with Gasteiger partial charge in [0.15, 0.2) is 0 Å². The molecule has 0 unspecified atom stereocenters. The van der Waals surface area contributed by atoms with Crippen molar-refractivity contribution in [3.63, 3.8) is 0 Å². The maximum atomic E-state index is 4.46. The van der Waals surface area contributed by atoms with E-state index in [0.29, 0.717) is 0 Å². The normalized spacial score (nSPS) is 12.2. The van der Waals surface area contributed by atoms with Gasteiger partial charge in [0.25, 0.3) is 0 Å². The molecule has 0 spiro atoms. The summed E-state index contributed by atoms with van der Waals surface area (Å²) in [5.74, 6) is 0. The number of rotatable bonds is 5. The first-order valence-corrected chi connectivity index (χ1v) is 9.25. The average molecular weight is 304 g/mol. The van der Waals surface area contributed by atoms with Crippen molar-refractivity contribution in [2.24, 2.45) is 0 Å². The molecule has 1 aliphatic rings. The van der Waals surface area contributed by atoms with Crippen LogP contribution in [-0.2, 0) is 12.8 Å². The highest BCUT2D eigenvalue weighted by Crippen LogP contribution is 2.15. The average Bonchev–Trinajstić information content (AvgIpc) is 2.69. The van der Waals surface area contributed by atoms with Crippen LogP contribution in [0.2, 0.25) is 0 Å². The van der Waals surface area contributed by atoms with Crippen LogP contribution in [0.4, 0.5) is 0 Å². The number of fused-ring (bicyclic) bond motifs is 2. The van der Waals surface area contributed by atoms with Crippen LogP contribution in [0, 0.1) is 6.92 Å². The van der Waals surface area contributed by atoms with Crippen LogP contribution in [0.25, 0.3) is 0 Å². The second-order valence-electron chi connectivity index (χ2n) is 6.10. The van der Waals surface area contributed by atoms with E-state index >= 15 is 0 Å². The molecule has 0 aliphatic heterocycles. The highest BCUT2D eigenvalue weighted by molar-refractivity contribution is 5.22. The fourth-order valence-electron chi connectivity index (χ4n) is 2.26. The standard InChI is InChI=1S/C10H13N.C7H14.C4H10/c1-8-6-9-4-2-3-5-10(7-9)11-8;1-3-5-7-6-4-2;1-3-4-2/h6-7H,2-5H2,1H3;3H,1,4-7H2,2H3;3-4H2,1-2H3. The Bertz CT molecular complexity index is 355. The molecule has 0 amide bonds. The molecule has 0 atom stereocenters. The molecule has 0 saturated heterocycles. The summed E-state index contributed by atoms with van der Waals surface area (Å²) in [6, 6.07) is 4.45. The van der Waals surface area contributed by atoms with E-state index in [1.54, 1.807) is 0 Å². The lowest BCUT2D eigenvalue weighted by molar-refractivity contribution is 0.730. The minimum absolute atomic E-state index is 1.18. The molecule has 1 aromatic heterocycles. The van der Waals surface area contributed by atoms with Crippen molar-refractivity contribution in [2.75, 3.05) is 0 Å². The van der Waals surface area contributed by atoms with Gasteiger partial charge >= 0.3 is 0 Å². The summed E-state index contributed by atoms with van der Waals surface area (Å²) in [4.78, 5) is 4.46. The summed E-state index contributed by atoms with van der Waals surface area (Å²) in [6.45, 7) is 12.3. The largest absolute Gasteiger partial charge is 0.258 e. The predicted molar refractivity (Wildman–Crippen MR) is 101 cm³/mol. The number of pyridine rings is 1. The van der Waals surface area contributed by atoms with Gasteiger partial charge in [-0.05, 0) is 63.1 Å². The third kappa shape index (κ3) is 11.5. The number of hydrogen-bond donors (Lipinski definition) is 0. The number of aromatic nitrogens is 1. The topological polar surface area (TPSA) is 12.9 Å². The summed E-state index contributed by atoms with van der Waals surface area (Å²) in [5, 5.41) is 0. The molecule has 1 aliphatic carbocycles. The van der Waals surface area contributed by atoms with Crippen molar-refractivity contribution in [2.45, 2.75) is 91.9 Å². The van der Waals surface area contributed by atoms with Gasteiger partial charge in [-0.15, -0.1) is 6.58 Å². The van der Waals surface area contributed by atoms with Gasteiger partial charge in [-0.1, -0.05) is 52.5 Å². The Morgan fingerprint density at radius 1 is 1.00 bits per heavy atom. The van der Waals surface area contributed by atoms with Crippen molar-refractivity contribution in [1.29, 1.82) is 0 Å². The molecule has 1 heterocycles. The zero-order valence-corrected chi connectivity index (χ0v) is 15.5. The van der Waals surface area contributed by atoms with E-state index in [-0.39, 0.29) is 0 Å². The maximum absolute atomic E-state index is 4.46. The second kappa shape index (κ2) is 14.8. The molecule has 0 N–H and O–H groups in total. The van der Waals surface area contributed by atoms with Crippen LogP contribution < -0.4 is 0 Å². The number of unbranched alkanes of at least 4 members (excludes halogenated alkanes) is 4. The van der Waals surface area contributed by atoms with Crippen molar-refractivity contribution in [3.05, 3.63) is 41.7 Å². The Kier molecular flexibility index (Phi) is 14.1. The zero-order chi connectivity index (χ0) is 16.6. The fourth-order valence-corrected chi connectivity index (χ4v) is 2.26. The molecule has 1 nitrogen and oxygen atoms in total. The molecule has 2 bridgehead atoms. The van der Waals surface area contributed by atoms with Crippen LogP contribution >= 0.6 is 0 Å². The Morgan fingerprint density at radius 2 is 1.68 bits per heavy atom. The van der Waals surface area contributed by atoms with E-state index in [1.807, 2.05) is 6.08 Å². The lowest BCUT2D eigenvalue weighted by Crippen LogP contribution is -1.90. The molecule has 1 aromatic rings. The zero-order valence-electron chi connectivity index (χ0n) is 15.5. The predicted octanol–water partition coefficient (Wildman–Crippen LogP) is 6.83. The molecule has 126 valence electrons. The van der Waals surface area contributed by atoms with Gasteiger partial charge in [0, 0.05) is 11.4 Å². The molecular weight excluding hydrogens is 266 g/mol. The summed E-state index contributed by atoms with van der Waals surface area (Å²) < 4.78 is 0. The lowest BCUT2D eigenvalue weighted by Gasteiger charge is -1.99. The Morgan fingerprint density at radius 3 is 2.27 bits per heavy atom. The molecule has 1 heteroatoms. The van der Waals surface area contributed by atoms with Crippen LogP contribution in [0.15, 0.2) is 24.8 Å². The van der Waals surface area contributed by atoms with Crippen molar-refractivity contribution in [3.8, 4) is 0 Å². The van der Waals surface area contributed by atoms with Gasteiger partial charge in [0.05, 0.1) is 0 Å². The van der Waals surface area contributed by atoms with E-state index in [1.165, 1.54) is 81.2 Å². The summed E-state index contributed by atoms with van der Waals surface area (Å²) in [6.07, 6.45) is 14.9. The van der Waals surface area contributed by atoms with E-state index in [4.69, 9.17) is 0 Å². The minimum Gasteiger partial charge on any atom is -0.258 e. The highest BCUT2D eigenvalue weighted by Gasteiger charge is 2.04. The van der Waals surface area contributed by atoms with Crippen LogP contribution in [0.5, 0.6) is 0 Å². The maximum Gasteiger partial charge on any atom is 0.0409 e. The molecule has 22 heavy (non-hydrogen) atoms. The molecule has 0 fully saturated rings. The lowest BCUT2D eigenvalue weighted by atomic mass is 10.1. The first-order chi connectivity index (χ1) is 10.7. The second-order valence-corrected chi connectivity index (χ2v) is 6.10. The van der Waals surface area contributed by atoms with E-state index in [2.05, 4.69) is 51.4 Å². The quantitative estimate of drug-likeness (QED) is 0.429. The van der Waals surface area contributed by atoms with Crippen molar-refractivity contribution in [1.82, 2.24) is 4.98 Å². The molecular formula is C21H37N. The van der Waals surface area contributed by atoms with E-state index < -0.39 is 0 Å². The molecule has 0 radical (unpaired) electrons. The van der Waals surface area contributed by atoms with Gasteiger partial charge in [-0.25, -0.2) is 0 Å². The Labute approximate surface area is 139 Å². The molecule has 0 saturated carbocycles. The summed E-state index contributed by atoms with van der Waals surface area (Å²) in [7, 11) is 0. The van der Waals surface area contributed by atoms with Gasteiger partial charge < -0.3 is 0 Å². The summed E-state index contributed by atoms with van der Waals surface area (Å²) >= 11 is 0. The minimum atomic E-state index is 1.18. The first kappa shape index (κ1) is 20.9. The third-order valence-electron chi connectivity index (χ3n) is 3.73. The van der Waals surface area contributed by atoms with E-state index in [9.17, 15) is 0 Å². The number of nitrogens with zero attached hydrogens (tertiary/aromatic N) is 1. The van der Waals surface area contributed by atoms with E-state index in [0.717, 1.165) is 0 Å². The first-order valence-electron chi connectivity index (χ1n) is 9.25. The van der Waals surface area contributed by atoms with Crippen molar-refractivity contribution < 1.29 is 0 Å². The van der Waals surface area contributed by atoms with Gasteiger partial charge in [0.1, 0.15) is 0 Å². The number of aryl methyl sites for hydroxylation is 3. The van der Waals surface area contributed by atoms with Crippen LogP contribution in [0.1, 0.15) is 89.1 Å². The Balaban J connectivity index is 0.000000348.